The number of ether oxygens (including phenoxy) is 2. The SMILES string of the molecule is CCC(C)OC(=O)[C@H](C)NP(=O)(OCC1(N=[N+]=[N-])O[C@@H](n2ccc(N)nc2=O)[C@H](O)[C@@H]1O)Oc1ccccc1. The van der Waals surface area contributed by atoms with E-state index in [2.05, 4.69) is 20.1 Å². The van der Waals surface area contributed by atoms with Crippen LogP contribution in [0.3, 0.4) is 0 Å². The van der Waals surface area contributed by atoms with Crippen molar-refractivity contribution in [1.82, 2.24) is 14.6 Å². The number of aromatic nitrogens is 2. The van der Waals surface area contributed by atoms with Crippen LogP contribution in [-0.4, -0.2) is 62.4 Å². The van der Waals surface area contributed by atoms with Gasteiger partial charge in [-0.15, -0.1) is 0 Å². The van der Waals surface area contributed by atoms with Crippen molar-refractivity contribution in [3.05, 3.63) is 63.5 Å². The zero-order chi connectivity index (χ0) is 28.8. The Kier molecular flexibility index (Phi) is 9.69. The molecule has 5 N–H and O–H groups in total. The number of nitrogens with zero attached hydrogens (tertiary/aromatic N) is 5. The Hall–Kier alpha value is -3.49. The second-order valence-corrected chi connectivity index (χ2v) is 10.4. The Morgan fingerprint density at radius 2 is 2.05 bits per heavy atom. The maximum atomic E-state index is 13.8. The number of esters is 1. The summed E-state index contributed by atoms with van der Waals surface area (Å²) < 4.78 is 36.6. The lowest BCUT2D eigenvalue weighted by Gasteiger charge is -2.29. The van der Waals surface area contributed by atoms with Gasteiger partial charge in [-0.1, -0.05) is 30.2 Å². The molecule has 0 aliphatic carbocycles. The Bertz CT molecular complexity index is 1310. The molecule has 7 atom stereocenters. The summed E-state index contributed by atoms with van der Waals surface area (Å²) >= 11 is 0. The van der Waals surface area contributed by atoms with Crippen molar-refractivity contribution >= 4 is 19.5 Å². The number of para-hydroxylation sites is 1. The highest BCUT2D eigenvalue weighted by molar-refractivity contribution is 7.52. The first-order valence-corrected chi connectivity index (χ1v) is 13.4. The predicted octanol–water partition coefficient (Wildman–Crippen LogP) is 1.61. The molecule has 3 unspecified atom stereocenters. The van der Waals surface area contributed by atoms with Crippen LogP contribution in [0.25, 0.3) is 10.4 Å². The summed E-state index contributed by atoms with van der Waals surface area (Å²) in [4.78, 5) is 31.0. The van der Waals surface area contributed by atoms with E-state index < -0.39 is 62.3 Å². The van der Waals surface area contributed by atoms with E-state index in [4.69, 9.17) is 24.3 Å². The third-order valence-electron chi connectivity index (χ3n) is 5.75. The van der Waals surface area contributed by atoms with E-state index in [-0.39, 0.29) is 11.6 Å². The molecule has 0 radical (unpaired) electrons. The average Bonchev–Trinajstić information content (AvgIpc) is 3.13. The molecule has 2 aromatic rings. The number of carbonyl (C=O) groups is 1. The molecule has 1 aromatic heterocycles. The normalized spacial score (nSPS) is 25.6. The number of nitrogens with one attached hydrogen (secondary N) is 1. The number of hydrogen-bond donors (Lipinski definition) is 4. The molecular weight excluding hydrogens is 537 g/mol. The van der Waals surface area contributed by atoms with Gasteiger partial charge >= 0.3 is 19.4 Å². The van der Waals surface area contributed by atoms with Crippen LogP contribution in [0.15, 0.2) is 52.5 Å². The molecule has 0 saturated carbocycles. The van der Waals surface area contributed by atoms with Gasteiger partial charge in [0.25, 0.3) is 0 Å². The molecule has 3 rings (SSSR count). The van der Waals surface area contributed by atoms with E-state index in [0.29, 0.717) is 6.42 Å². The number of nitrogen functional groups attached to an aromatic ring is 1. The van der Waals surface area contributed by atoms with Crippen LogP contribution in [-0.2, 0) is 23.4 Å². The van der Waals surface area contributed by atoms with Crippen molar-refractivity contribution < 1.29 is 38.1 Å². The molecule has 0 bridgehead atoms. The number of azide groups is 1. The third kappa shape index (κ3) is 7.13. The summed E-state index contributed by atoms with van der Waals surface area (Å²) in [6, 6.07) is 7.91. The molecule has 1 aliphatic heterocycles. The van der Waals surface area contributed by atoms with Gasteiger partial charge in [-0.25, -0.2) is 9.36 Å². The number of carbonyl (C=O) groups excluding carboxylic acids is 1. The molecule has 2 heterocycles. The second-order valence-electron chi connectivity index (χ2n) is 8.70. The maximum Gasteiger partial charge on any atom is 0.459 e. The number of aliphatic hydroxyl groups is 2. The van der Waals surface area contributed by atoms with Crippen molar-refractivity contribution in [2.24, 2.45) is 5.11 Å². The van der Waals surface area contributed by atoms with E-state index in [1.807, 2.05) is 6.92 Å². The number of rotatable bonds is 12. The van der Waals surface area contributed by atoms with Crippen molar-refractivity contribution in [3.63, 3.8) is 0 Å². The van der Waals surface area contributed by atoms with Crippen LogP contribution in [0.2, 0.25) is 0 Å². The first-order chi connectivity index (χ1) is 18.4. The first kappa shape index (κ1) is 30.1. The number of nitrogens with two attached hydrogens (primary N) is 1. The van der Waals surface area contributed by atoms with E-state index in [1.54, 1.807) is 25.1 Å². The third-order valence-corrected chi connectivity index (χ3v) is 7.37. The highest BCUT2D eigenvalue weighted by atomic mass is 31.2. The molecule has 17 heteroatoms. The monoisotopic (exact) mass is 567 g/mol. The molecule has 0 spiro atoms. The van der Waals surface area contributed by atoms with Crippen LogP contribution in [0, 0.1) is 0 Å². The molecule has 1 fully saturated rings. The van der Waals surface area contributed by atoms with Gasteiger partial charge in [-0.2, -0.15) is 10.1 Å². The topological polar surface area (TPSA) is 233 Å². The Morgan fingerprint density at radius 1 is 1.36 bits per heavy atom. The molecule has 1 aromatic carbocycles. The van der Waals surface area contributed by atoms with E-state index >= 15 is 0 Å². The smallest absolute Gasteiger partial charge is 0.459 e. The summed E-state index contributed by atoms with van der Waals surface area (Å²) in [6.45, 7) is 3.95. The zero-order valence-electron chi connectivity index (χ0n) is 21.4. The summed E-state index contributed by atoms with van der Waals surface area (Å²) in [7, 11) is -4.48. The summed E-state index contributed by atoms with van der Waals surface area (Å²) in [5, 5.41) is 27.4. The molecule has 0 amide bonds. The van der Waals surface area contributed by atoms with Gasteiger partial charge in [0.15, 0.2) is 6.23 Å². The predicted molar refractivity (Wildman–Crippen MR) is 136 cm³/mol. The van der Waals surface area contributed by atoms with Crippen molar-refractivity contribution in [2.75, 3.05) is 12.3 Å². The standard InChI is InChI=1S/C22H30N7O9P/c1-4-13(2)36-20(32)14(3)26-39(34,38-15-8-6-5-7-9-15)35-12-22(27-28-24)18(31)17(30)19(37-22)29-11-10-16(23)25-21(29)33/h5-11,13-14,17-19,30-31H,4,12H2,1-3H3,(H,26,34)(H2,23,25,33)/t13?,14-,17+,18-,19+,22?,39?/m0/s1. The Morgan fingerprint density at radius 3 is 2.67 bits per heavy atom. The number of aliphatic hydroxyl groups excluding tert-OH is 2. The lowest BCUT2D eigenvalue weighted by Crippen LogP contribution is -2.46. The van der Waals surface area contributed by atoms with Gasteiger partial charge in [0, 0.05) is 11.1 Å². The Balaban J connectivity index is 1.89. The van der Waals surface area contributed by atoms with Crippen molar-refractivity contribution in [3.8, 4) is 5.75 Å². The zero-order valence-corrected chi connectivity index (χ0v) is 22.2. The fourth-order valence-corrected chi connectivity index (χ4v) is 4.99. The summed E-state index contributed by atoms with van der Waals surface area (Å²) in [5.41, 5.74) is 11.4. The first-order valence-electron chi connectivity index (χ1n) is 11.9. The molecular formula is C22H30N7O9P. The summed E-state index contributed by atoms with van der Waals surface area (Å²) in [5.74, 6) is -0.739. The lowest BCUT2D eigenvalue weighted by atomic mass is 10.1. The minimum atomic E-state index is -4.48. The average molecular weight is 567 g/mol. The van der Waals surface area contributed by atoms with Gasteiger partial charge in [-0.3, -0.25) is 13.9 Å². The van der Waals surface area contributed by atoms with Crippen LogP contribution in [0.4, 0.5) is 5.82 Å². The second kappa shape index (κ2) is 12.6. The van der Waals surface area contributed by atoms with Gasteiger partial charge in [0.2, 0.25) is 5.72 Å². The van der Waals surface area contributed by atoms with Crippen LogP contribution < -0.4 is 21.0 Å². The van der Waals surface area contributed by atoms with Crippen LogP contribution in [0.5, 0.6) is 5.75 Å². The van der Waals surface area contributed by atoms with Crippen LogP contribution >= 0.6 is 7.75 Å². The fourth-order valence-electron chi connectivity index (χ4n) is 3.48. The lowest BCUT2D eigenvalue weighted by molar-refractivity contribution is -0.150. The Labute approximate surface area is 222 Å². The molecule has 1 saturated heterocycles. The van der Waals surface area contributed by atoms with E-state index in [9.17, 15) is 29.9 Å². The van der Waals surface area contributed by atoms with E-state index in [0.717, 1.165) is 10.8 Å². The quantitative estimate of drug-likeness (QED) is 0.0941. The maximum absolute atomic E-state index is 13.8. The van der Waals surface area contributed by atoms with Crippen molar-refractivity contribution in [2.45, 2.75) is 63.5 Å². The van der Waals surface area contributed by atoms with Crippen molar-refractivity contribution in [1.29, 1.82) is 0 Å². The summed E-state index contributed by atoms with van der Waals surface area (Å²) in [6.07, 6.45) is -4.05. The molecule has 16 nitrogen and oxygen atoms in total. The fraction of sp³-hybridized carbons (Fsp3) is 0.500. The van der Waals surface area contributed by atoms with Gasteiger partial charge in [0.05, 0.1) is 12.7 Å². The largest absolute Gasteiger partial charge is 0.462 e. The van der Waals surface area contributed by atoms with Gasteiger partial charge < -0.3 is 29.9 Å². The number of anilines is 1. The van der Waals surface area contributed by atoms with Gasteiger partial charge in [0.1, 0.15) is 29.8 Å². The van der Waals surface area contributed by atoms with Gasteiger partial charge in [-0.05, 0) is 44.0 Å². The molecule has 212 valence electrons. The number of hydrogen-bond acceptors (Lipinski definition) is 12. The molecule has 1 aliphatic rings. The number of benzene rings is 1. The molecule has 39 heavy (non-hydrogen) atoms. The minimum Gasteiger partial charge on any atom is -0.462 e. The van der Waals surface area contributed by atoms with E-state index in [1.165, 1.54) is 25.1 Å². The van der Waals surface area contributed by atoms with Crippen LogP contribution in [0.1, 0.15) is 33.4 Å². The highest BCUT2D eigenvalue weighted by Gasteiger charge is 2.56. The minimum absolute atomic E-state index is 0.0963. The highest BCUT2D eigenvalue weighted by Crippen LogP contribution is 2.48.